The van der Waals surface area contributed by atoms with Crippen LogP contribution in [0.2, 0.25) is 0 Å². The molecule has 6 nitrogen and oxygen atoms in total. The van der Waals surface area contributed by atoms with Gasteiger partial charge in [-0.15, -0.1) is 0 Å². The molecule has 0 saturated carbocycles. The Kier molecular flexibility index (Phi) is 5.42. The molecule has 0 fully saturated rings. The van der Waals surface area contributed by atoms with Gasteiger partial charge in [0.1, 0.15) is 6.61 Å². The average molecular weight is 382 g/mol. The fourth-order valence-electron chi connectivity index (χ4n) is 3.84. The maximum atomic E-state index is 12.6. The van der Waals surface area contributed by atoms with E-state index in [1.165, 1.54) is 7.05 Å². The molecule has 1 aliphatic carbocycles. The number of carboxylic acid groups (broad SMARTS) is 1. The molecule has 1 amide bonds. The van der Waals surface area contributed by atoms with E-state index in [4.69, 9.17) is 10.5 Å². The first-order valence-electron chi connectivity index (χ1n) is 9.36. The maximum absolute atomic E-state index is 12.6. The second-order valence-electron chi connectivity index (χ2n) is 7.69. The smallest absolute Gasteiger partial charge is 0.411 e. The molecule has 2 aromatic rings. The largest absolute Gasteiger partial charge is 0.478 e. The number of carbonyl (C=O) groups excluding carboxylic acids is 1. The summed E-state index contributed by atoms with van der Waals surface area (Å²) in [7, 11) is 1.37. The minimum Gasteiger partial charge on any atom is -0.478 e. The van der Waals surface area contributed by atoms with Gasteiger partial charge in [-0.1, -0.05) is 62.4 Å². The Labute approximate surface area is 164 Å². The van der Waals surface area contributed by atoms with E-state index in [9.17, 15) is 14.7 Å². The Morgan fingerprint density at radius 1 is 1.11 bits per heavy atom. The van der Waals surface area contributed by atoms with Gasteiger partial charge in [0.25, 0.3) is 0 Å². The first-order valence-corrected chi connectivity index (χ1v) is 9.36. The maximum Gasteiger partial charge on any atom is 0.411 e. The number of amides is 1. The molecule has 0 radical (unpaired) electrons. The Balaban J connectivity index is 1.78. The minimum absolute atomic E-state index is 0.00457. The Morgan fingerprint density at radius 2 is 1.61 bits per heavy atom. The molecular formula is C22H26N2O4. The molecule has 0 saturated heterocycles. The van der Waals surface area contributed by atoms with E-state index in [1.807, 2.05) is 50.2 Å². The third-order valence-electron chi connectivity index (χ3n) is 5.30. The lowest BCUT2D eigenvalue weighted by molar-refractivity contribution is -0.150. The van der Waals surface area contributed by atoms with Crippen molar-refractivity contribution in [2.45, 2.75) is 31.8 Å². The van der Waals surface area contributed by atoms with Crippen LogP contribution in [0, 0.1) is 5.92 Å². The van der Waals surface area contributed by atoms with Crippen molar-refractivity contribution in [3.63, 3.8) is 0 Å². The average Bonchev–Trinajstić information content (AvgIpc) is 2.98. The number of nitrogens with zero attached hydrogens (tertiary/aromatic N) is 1. The summed E-state index contributed by atoms with van der Waals surface area (Å²) in [6, 6.07) is 16.1. The first-order chi connectivity index (χ1) is 13.3. The molecule has 1 atom stereocenters. The lowest BCUT2D eigenvalue weighted by atomic mass is 9.97. The first kappa shape index (κ1) is 19.9. The fraction of sp³-hybridized carbons (Fsp3) is 0.364. The van der Waals surface area contributed by atoms with Crippen molar-refractivity contribution in [3.8, 4) is 11.1 Å². The highest BCUT2D eigenvalue weighted by atomic mass is 16.6. The van der Waals surface area contributed by atoms with E-state index < -0.39 is 17.7 Å². The van der Waals surface area contributed by atoms with Gasteiger partial charge in [0.2, 0.25) is 0 Å². The molecule has 0 aromatic heterocycles. The fourth-order valence-corrected chi connectivity index (χ4v) is 3.84. The summed E-state index contributed by atoms with van der Waals surface area (Å²) in [6.45, 7) is 3.83. The number of rotatable bonds is 6. The number of ether oxygens (including phenoxy) is 1. The lowest BCUT2D eigenvalue weighted by Gasteiger charge is -2.35. The summed E-state index contributed by atoms with van der Waals surface area (Å²) >= 11 is 0. The topological polar surface area (TPSA) is 92.9 Å². The van der Waals surface area contributed by atoms with Crippen LogP contribution in [0.3, 0.4) is 0 Å². The van der Waals surface area contributed by atoms with Gasteiger partial charge in [-0.05, 0) is 34.6 Å². The SMILES string of the molecule is CC(C)C[C@@](N)(C(=O)O)N(C)C(=O)OCC1c2ccccc2-c2ccccc21. The number of likely N-dealkylation sites (N-methyl/N-ethyl adjacent to an activating group) is 1. The van der Waals surface area contributed by atoms with E-state index in [1.54, 1.807) is 0 Å². The van der Waals surface area contributed by atoms with Crippen molar-refractivity contribution in [1.82, 2.24) is 4.90 Å². The van der Waals surface area contributed by atoms with Crippen LogP contribution >= 0.6 is 0 Å². The summed E-state index contributed by atoms with van der Waals surface area (Å²) in [6.07, 6.45) is -0.615. The summed E-state index contributed by atoms with van der Waals surface area (Å²) in [5, 5.41) is 9.57. The summed E-state index contributed by atoms with van der Waals surface area (Å²) < 4.78 is 5.52. The van der Waals surface area contributed by atoms with E-state index >= 15 is 0 Å². The van der Waals surface area contributed by atoms with E-state index in [0.717, 1.165) is 27.2 Å². The highest BCUT2D eigenvalue weighted by molar-refractivity contribution is 5.84. The monoisotopic (exact) mass is 382 g/mol. The Morgan fingerprint density at radius 3 is 2.07 bits per heavy atom. The molecule has 0 heterocycles. The number of benzene rings is 2. The van der Waals surface area contributed by atoms with Gasteiger partial charge in [-0.25, -0.2) is 9.59 Å². The van der Waals surface area contributed by atoms with Gasteiger partial charge in [0.05, 0.1) is 0 Å². The number of hydrogen-bond acceptors (Lipinski definition) is 4. The van der Waals surface area contributed by atoms with Crippen molar-refractivity contribution in [2.24, 2.45) is 11.7 Å². The molecule has 0 bridgehead atoms. The van der Waals surface area contributed by atoms with Crippen LogP contribution < -0.4 is 5.73 Å². The molecule has 2 aromatic carbocycles. The van der Waals surface area contributed by atoms with E-state index in [-0.39, 0.29) is 24.9 Å². The molecular weight excluding hydrogens is 356 g/mol. The molecule has 3 rings (SSSR count). The van der Waals surface area contributed by atoms with E-state index in [2.05, 4.69) is 12.1 Å². The van der Waals surface area contributed by atoms with Crippen LogP contribution in [0.5, 0.6) is 0 Å². The quantitative estimate of drug-likeness (QED) is 0.744. The van der Waals surface area contributed by atoms with Crippen LogP contribution in [-0.2, 0) is 9.53 Å². The van der Waals surface area contributed by atoms with Crippen molar-refractivity contribution in [3.05, 3.63) is 59.7 Å². The Hall–Kier alpha value is -2.86. The molecule has 0 aliphatic heterocycles. The molecule has 1 aliphatic rings. The number of carbonyl (C=O) groups is 2. The zero-order chi connectivity index (χ0) is 20.5. The van der Waals surface area contributed by atoms with Crippen LogP contribution in [0.15, 0.2) is 48.5 Å². The molecule has 6 heteroatoms. The predicted octanol–water partition coefficient (Wildman–Crippen LogP) is 3.65. The number of nitrogens with two attached hydrogens (primary N) is 1. The number of aliphatic carboxylic acids is 1. The standard InChI is InChI=1S/C22H26N2O4/c1-14(2)12-22(23,20(25)26)24(3)21(27)28-13-19-17-10-6-4-8-15(17)16-9-5-7-11-18(16)19/h4-11,14,19H,12-13,23H2,1-3H3,(H,25,26)/t22-/m0/s1. The van der Waals surface area contributed by atoms with Crippen molar-refractivity contribution in [2.75, 3.05) is 13.7 Å². The van der Waals surface area contributed by atoms with Crippen LogP contribution in [-0.4, -0.2) is 41.4 Å². The van der Waals surface area contributed by atoms with Gasteiger partial charge in [0.15, 0.2) is 5.66 Å². The number of hydrogen-bond donors (Lipinski definition) is 2. The van der Waals surface area contributed by atoms with Crippen molar-refractivity contribution >= 4 is 12.1 Å². The van der Waals surface area contributed by atoms with Gasteiger partial charge in [-0.2, -0.15) is 0 Å². The summed E-state index contributed by atoms with van der Waals surface area (Å²) in [5.74, 6) is -1.34. The van der Waals surface area contributed by atoms with Gasteiger partial charge >= 0.3 is 12.1 Å². The third kappa shape index (κ3) is 3.47. The van der Waals surface area contributed by atoms with Crippen LogP contribution in [0.1, 0.15) is 37.3 Å². The van der Waals surface area contributed by atoms with Crippen molar-refractivity contribution in [1.29, 1.82) is 0 Å². The highest BCUT2D eigenvalue weighted by Gasteiger charge is 2.43. The number of fused-ring (bicyclic) bond motifs is 3. The molecule has 148 valence electrons. The van der Waals surface area contributed by atoms with Gasteiger partial charge < -0.3 is 9.84 Å². The third-order valence-corrected chi connectivity index (χ3v) is 5.30. The normalized spacial score (nSPS) is 14.9. The van der Waals surface area contributed by atoms with Crippen LogP contribution in [0.4, 0.5) is 4.79 Å². The number of carboxylic acids is 1. The second kappa shape index (κ2) is 7.64. The predicted molar refractivity (Wildman–Crippen MR) is 107 cm³/mol. The van der Waals surface area contributed by atoms with E-state index in [0.29, 0.717) is 0 Å². The molecule has 0 unspecified atom stereocenters. The zero-order valence-electron chi connectivity index (χ0n) is 16.4. The lowest BCUT2D eigenvalue weighted by Crippen LogP contribution is -2.62. The summed E-state index contributed by atoms with van der Waals surface area (Å²) in [4.78, 5) is 25.3. The van der Waals surface area contributed by atoms with Crippen LogP contribution in [0.25, 0.3) is 11.1 Å². The summed E-state index contributed by atoms with van der Waals surface area (Å²) in [5.41, 5.74) is 8.69. The highest BCUT2D eigenvalue weighted by Crippen LogP contribution is 2.44. The molecule has 3 N–H and O–H groups in total. The zero-order valence-corrected chi connectivity index (χ0v) is 16.4. The second-order valence-corrected chi connectivity index (χ2v) is 7.69. The molecule has 28 heavy (non-hydrogen) atoms. The minimum atomic E-state index is -1.81. The van der Waals surface area contributed by atoms with Gasteiger partial charge in [0, 0.05) is 13.0 Å². The Bertz CT molecular complexity index is 850. The molecule has 0 spiro atoms. The van der Waals surface area contributed by atoms with Crippen molar-refractivity contribution < 1.29 is 19.4 Å². The van der Waals surface area contributed by atoms with Gasteiger partial charge in [-0.3, -0.25) is 10.6 Å².